The number of carbonyl (C=O) groups excluding carboxylic acids is 2. The van der Waals surface area contributed by atoms with Crippen molar-refractivity contribution in [3.63, 3.8) is 0 Å². The normalized spacial score (nSPS) is 18.0. The molecule has 2 aromatic rings. The fourth-order valence-corrected chi connectivity index (χ4v) is 3.66. The molecule has 7 nitrogen and oxygen atoms in total. The summed E-state index contributed by atoms with van der Waals surface area (Å²) in [5, 5.41) is 8.93. The van der Waals surface area contributed by atoms with Gasteiger partial charge in [-0.1, -0.05) is 48.5 Å². The lowest BCUT2D eigenvalue weighted by atomic mass is 9.98. The van der Waals surface area contributed by atoms with Crippen LogP contribution in [0.5, 0.6) is 0 Å². The Kier molecular flexibility index (Phi) is 4.27. The maximum Gasteiger partial charge on any atom is 0.413 e. The summed E-state index contributed by atoms with van der Waals surface area (Å²) in [5.74, 6) is -2.03. The number of carbonyl (C=O) groups is 3. The van der Waals surface area contributed by atoms with Crippen LogP contribution in [0.25, 0.3) is 11.1 Å². The van der Waals surface area contributed by atoms with Crippen LogP contribution in [0.4, 0.5) is 4.79 Å². The standard InChI is InChI=1S/C20H17NO6/c22-18(23)9-17-19(24)27-11-21(17)20(25)26-10-16-14-7-3-1-5-12(14)13-6-2-4-8-15(13)16/h1-8,16-17H,9-11H2,(H,22,23). The topological polar surface area (TPSA) is 93.1 Å². The van der Waals surface area contributed by atoms with E-state index >= 15 is 0 Å². The number of carboxylic acid groups (broad SMARTS) is 1. The summed E-state index contributed by atoms with van der Waals surface area (Å²) in [5.41, 5.74) is 4.36. The average molecular weight is 367 g/mol. The van der Waals surface area contributed by atoms with Crippen LogP contribution in [0.15, 0.2) is 48.5 Å². The van der Waals surface area contributed by atoms with E-state index in [0.29, 0.717) is 0 Å². The molecule has 1 aliphatic heterocycles. The highest BCUT2D eigenvalue weighted by Crippen LogP contribution is 2.44. The molecule has 7 heteroatoms. The van der Waals surface area contributed by atoms with Crippen LogP contribution in [0, 0.1) is 0 Å². The van der Waals surface area contributed by atoms with Crippen LogP contribution in [-0.2, 0) is 19.1 Å². The van der Waals surface area contributed by atoms with Crippen molar-refractivity contribution in [3.8, 4) is 11.1 Å². The number of carboxylic acids is 1. The molecule has 0 aromatic heterocycles. The van der Waals surface area contributed by atoms with Gasteiger partial charge < -0.3 is 14.6 Å². The molecule has 1 aliphatic carbocycles. The molecule has 138 valence electrons. The van der Waals surface area contributed by atoms with Gasteiger partial charge in [0.25, 0.3) is 0 Å². The second-order valence-electron chi connectivity index (χ2n) is 6.48. The van der Waals surface area contributed by atoms with E-state index in [4.69, 9.17) is 14.6 Å². The predicted molar refractivity (Wildman–Crippen MR) is 93.9 cm³/mol. The molecule has 2 aliphatic rings. The lowest BCUT2D eigenvalue weighted by molar-refractivity contribution is -0.144. The maximum atomic E-state index is 12.4. The summed E-state index contributed by atoms with van der Waals surface area (Å²) in [6, 6.07) is 14.7. The second-order valence-corrected chi connectivity index (χ2v) is 6.48. The maximum absolute atomic E-state index is 12.4. The van der Waals surface area contributed by atoms with E-state index in [2.05, 4.69) is 0 Å². The van der Waals surface area contributed by atoms with Gasteiger partial charge in [-0.2, -0.15) is 0 Å². The highest BCUT2D eigenvalue weighted by molar-refractivity contribution is 5.87. The van der Waals surface area contributed by atoms with Gasteiger partial charge in [-0.05, 0) is 22.3 Å². The van der Waals surface area contributed by atoms with Crippen molar-refractivity contribution in [2.45, 2.75) is 18.4 Å². The van der Waals surface area contributed by atoms with E-state index in [1.54, 1.807) is 0 Å². The van der Waals surface area contributed by atoms with Crippen molar-refractivity contribution in [1.82, 2.24) is 4.90 Å². The van der Waals surface area contributed by atoms with E-state index in [9.17, 15) is 14.4 Å². The van der Waals surface area contributed by atoms with Crippen molar-refractivity contribution in [1.29, 1.82) is 0 Å². The first-order valence-electron chi connectivity index (χ1n) is 8.56. The summed E-state index contributed by atoms with van der Waals surface area (Å²) in [7, 11) is 0. The highest BCUT2D eigenvalue weighted by atomic mass is 16.6. The minimum atomic E-state index is -1.18. The van der Waals surface area contributed by atoms with E-state index in [1.165, 1.54) is 0 Å². The van der Waals surface area contributed by atoms with Gasteiger partial charge in [-0.15, -0.1) is 0 Å². The number of rotatable bonds is 4. The molecule has 27 heavy (non-hydrogen) atoms. The zero-order valence-corrected chi connectivity index (χ0v) is 14.3. The number of esters is 1. The van der Waals surface area contributed by atoms with E-state index < -0.39 is 30.5 Å². The number of benzene rings is 2. The molecule has 1 fully saturated rings. The molecule has 1 unspecified atom stereocenters. The Hall–Kier alpha value is -3.35. The van der Waals surface area contributed by atoms with Gasteiger partial charge in [0.2, 0.25) is 0 Å². The van der Waals surface area contributed by atoms with Crippen molar-refractivity contribution < 1.29 is 29.0 Å². The number of hydrogen-bond donors (Lipinski definition) is 1. The SMILES string of the molecule is O=C(O)CC1C(=O)OCN1C(=O)OCC1c2ccccc2-c2ccccc21. The van der Waals surface area contributed by atoms with Crippen LogP contribution in [0.1, 0.15) is 23.5 Å². The quantitative estimate of drug-likeness (QED) is 0.835. The van der Waals surface area contributed by atoms with Gasteiger partial charge in [-0.3, -0.25) is 9.69 Å². The van der Waals surface area contributed by atoms with Gasteiger partial charge in [-0.25, -0.2) is 9.59 Å². The smallest absolute Gasteiger partial charge is 0.413 e. The first kappa shape index (κ1) is 17.1. The Morgan fingerprint density at radius 1 is 1.07 bits per heavy atom. The van der Waals surface area contributed by atoms with Crippen LogP contribution >= 0.6 is 0 Å². The third-order valence-corrected chi connectivity index (χ3v) is 4.93. The lowest BCUT2D eigenvalue weighted by Gasteiger charge is -2.20. The number of amides is 1. The zero-order valence-electron chi connectivity index (χ0n) is 14.3. The minimum absolute atomic E-state index is 0.0946. The molecule has 0 spiro atoms. The third-order valence-electron chi connectivity index (χ3n) is 4.93. The zero-order chi connectivity index (χ0) is 19.0. The number of hydrogen-bond acceptors (Lipinski definition) is 5. The lowest BCUT2D eigenvalue weighted by Crippen LogP contribution is -2.40. The first-order chi connectivity index (χ1) is 13.1. The van der Waals surface area contributed by atoms with Gasteiger partial charge in [0.15, 0.2) is 6.73 Å². The third kappa shape index (κ3) is 3.01. The first-order valence-corrected chi connectivity index (χ1v) is 8.56. The van der Waals surface area contributed by atoms with Crippen molar-refractivity contribution in [3.05, 3.63) is 59.7 Å². The fraction of sp³-hybridized carbons (Fsp3) is 0.250. The second kappa shape index (κ2) is 6.75. The molecule has 1 heterocycles. The summed E-state index contributed by atoms with van der Waals surface area (Å²) in [6.45, 7) is -0.204. The molecule has 1 amide bonds. The Balaban J connectivity index is 1.51. The fourth-order valence-electron chi connectivity index (χ4n) is 3.66. The molecule has 1 N–H and O–H groups in total. The summed E-state index contributed by atoms with van der Waals surface area (Å²) >= 11 is 0. The predicted octanol–water partition coefficient (Wildman–Crippen LogP) is 2.60. The minimum Gasteiger partial charge on any atom is -0.481 e. The van der Waals surface area contributed by atoms with Crippen LogP contribution in [-0.4, -0.2) is 47.4 Å². The summed E-state index contributed by atoms with van der Waals surface area (Å²) < 4.78 is 10.3. The number of fused-ring (bicyclic) bond motifs is 3. The molecule has 0 bridgehead atoms. The van der Waals surface area contributed by atoms with E-state index in [0.717, 1.165) is 27.2 Å². The number of nitrogens with zero attached hydrogens (tertiary/aromatic N) is 1. The highest BCUT2D eigenvalue weighted by Gasteiger charge is 2.40. The molecular weight excluding hydrogens is 350 g/mol. The molecular formula is C20H17NO6. The molecule has 1 saturated heterocycles. The Bertz CT molecular complexity index is 879. The Morgan fingerprint density at radius 3 is 2.26 bits per heavy atom. The molecule has 4 rings (SSSR count). The largest absolute Gasteiger partial charge is 0.481 e. The molecule has 1 atom stereocenters. The molecule has 0 saturated carbocycles. The van der Waals surface area contributed by atoms with Crippen molar-refractivity contribution >= 4 is 18.0 Å². The van der Waals surface area contributed by atoms with Gasteiger partial charge in [0, 0.05) is 5.92 Å². The number of ether oxygens (including phenoxy) is 2. The van der Waals surface area contributed by atoms with Crippen LogP contribution < -0.4 is 0 Å². The molecule has 0 radical (unpaired) electrons. The van der Waals surface area contributed by atoms with Crippen LogP contribution in [0.3, 0.4) is 0 Å². The van der Waals surface area contributed by atoms with E-state index in [-0.39, 0.29) is 19.3 Å². The van der Waals surface area contributed by atoms with Gasteiger partial charge in [0.1, 0.15) is 12.6 Å². The van der Waals surface area contributed by atoms with Gasteiger partial charge in [0.05, 0.1) is 6.42 Å². The van der Waals surface area contributed by atoms with Crippen molar-refractivity contribution in [2.75, 3.05) is 13.3 Å². The van der Waals surface area contributed by atoms with Crippen molar-refractivity contribution in [2.24, 2.45) is 0 Å². The Morgan fingerprint density at radius 2 is 1.67 bits per heavy atom. The average Bonchev–Trinajstić information content (AvgIpc) is 3.18. The number of aliphatic carboxylic acids is 1. The Labute approximate surface area is 155 Å². The van der Waals surface area contributed by atoms with Gasteiger partial charge >= 0.3 is 18.0 Å². The summed E-state index contributed by atoms with van der Waals surface area (Å²) in [4.78, 5) is 36.1. The number of cyclic esters (lactones) is 1. The molecule has 2 aromatic carbocycles. The monoisotopic (exact) mass is 367 g/mol. The summed E-state index contributed by atoms with van der Waals surface area (Å²) in [6.07, 6.45) is -1.27. The van der Waals surface area contributed by atoms with Crippen LogP contribution in [0.2, 0.25) is 0 Å². The van der Waals surface area contributed by atoms with E-state index in [1.807, 2.05) is 48.5 Å².